The van der Waals surface area contributed by atoms with Gasteiger partial charge in [-0.3, -0.25) is 4.99 Å². The van der Waals surface area contributed by atoms with Gasteiger partial charge in [0, 0.05) is 37.6 Å². The highest BCUT2D eigenvalue weighted by molar-refractivity contribution is 5.93. The first-order valence-electron chi connectivity index (χ1n) is 8.99. The number of ether oxygens (including phenoxy) is 3. The number of hydrogen-bond acceptors (Lipinski definition) is 5. The molecule has 1 saturated carbocycles. The molecule has 0 bridgehead atoms. The maximum Gasteiger partial charge on any atom is 0.213 e. The number of guanidine groups is 1. The largest absolute Gasteiger partial charge is 0.493 e. The number of methoxy groups -OCH3 is 2. The molecular formula is C20H26N4O3. The molecule has 27 heavy (non-hydrogen) atoms. The predicted molar refractivity (Wildman–Crippen MR) is 106 cm³/mol. The van der Waals surface area contributed by atoms with E-state index in [9.17, 15) is 0 Å². The molecule has 0 aliphatic heterocycles. The van der Waals surface area contributed by atoms with Gasteiger partial charge in [0.2, 0.25) is 5.88 Å². The van der Waals surface area contributed by atoms with Gasteiger partial charge in [0.05, 0.1) is 20.8 Å². The Labute approximate surface area is 159 Å². The zero-order chi connectivity index (χ0) is 19.1. The minimum absolute atomic E-state index is 0.606. The Balaban J connectivity index is 1.56. The number of anilines is 1. The van der Waals surface area contributed by atoms with E-state index in [-0.39, 0.29) is 0 Å². The summed E-state index contributed by atoms with van der Waals surface area (Å²) in [7, 11) is 4.95. The number of hydrogen-bond donors (Lipinski definition) is 2. The number of rotatable bonds is 8. The van der Waals surface area contributed by atoms with Gasteiger partial charge < -0.3 is 24.8 Å². The summed E-state index contributed by atoms with van der Waals surface area (Å²) in [5.74, 6) is 3.37. The molecule has 7 nitrogen and oxygen atoms in total. The van der Waals surface area contributed by atoms with Crippen LogP contribution in [-0.4, -0.2) is 38.8 Å². The summed E-state index contributed by atoms with van der Waals surface area (Å²) >= 11 is 0. The molecule has 0 atom stereocenters. The van der Waals surface area contributed by atoms with Crippen LogP contribution in [0, 0.1) is 5.92 Å². The van der Waals surface area contributed by atoms with E-state index in [0.717, 1.165) is 17.9 Å². The fourth-order valence-corrected chi connectivity index (χ4v) is 2.54. The molecule has 1 fully saturated rings. The van der Waals surface area contributed by atoms with Crippen LogP contribution >= 0.6 is 0 Å². The maximum absolute atomic E-state index is 5.74. The molecule has 1 aliphatic carbocycles. The lowest BCUT2D eigenvalue weighted by Gasteiger charge is -2.14. The van der Waals surface area contributed by atoms with Gasteiger partial charge in [-0.05, 0) is 42.5 Å². The number of aromatic nitrogens is 1. The van der Waals surface area contributed by atoms with Crippen molar-refractivity contribution in [3.63, 3.8) is 0 Å². The van der Waals surface area contributed by atoms with Crippen LogP contribution < -0.4 is 24.8 Å². The minimum Gasteiger partial charge on any atom is -0.493 e. The summed E-state index contributed by atoms with van der Waals surface area (Å²) in [6.45, 7) is 1.36. The maximum atomic E-state index is 5.74. The van der Waals surface area contributed by atoms with E-state index in [0.29, 0.717) is 35.8 Å². The van der Waals surface area contributed by atoms with Gasteiger partial charge in [0.15, 0.2) is 17.5 Å². The number of nitrogens with zero attached hydrogens (tertiary/aromatic N) is 2. The zero-order valence-corrected chi connectivity index (χ0v) is 16.0. The van der Waals surface area contributed by atoms with Crippen molar-refractivity contribution in [2.24, 2.45) is 10.9 Å². The third kappa shape index (κ3) is 5.51. The monoisotopic (exact) mass is 370 g/mol. The number of pyridine rings is 1. The van der Waals surface area contributed by atoms with Crippen LogP contribution in [0.2, 0.25) is 0 Å². The van der Waals surface area contributed by atoms with Crippen LogP contribution in [0.3, 0.4) is 0 Å². The molecule has 144 valence electrons. The predicted octanol–water partition coefficient (Wildman–Crippen LogP) is 3.08. The average molecular weight is 370 g/mol. The van der Waals surface area contributed by atoms with Crippen molar-refractivity contribution in [2.75, 3.05) is 33.2 Å². The van der Waals surface area contributed by atoms with Crippen molar-refractivity contribution >= 4 is 11.6 Å². The topological polar surface area (TPSA) is 77.0 Å². The number of aliphatic imine (C=N–C) groups is 1. The highest BCUT2D eigenvalue weighted by atomic mass is 16.5. The molecule has 0 saturated heterocycles. The molecular weight excluding hydrogens is 344 g/mol. The molecule has 0 amide bonds. The Morgan fingerprint density at radius 3 is 2.67 bits per heavy atom. The second-order valence-electron chi connectivity index (χ2n) is 6.38. The second-order valence-corrected chi connectivity index (χ2v) is 6.38. The lowest BCUT2D eigenvalue weighted by Crippen LogP contribution is -2.30. The first kappa shape index (κ1) is 18.8. The van der Waals surface area contributed by atoms with E-state index in [1.54, 1.807) is 27.5 Å². The van der Waals surface area contributed by atoms with Crippen molar-refractivity contribution in [1.82, 2.24) is 10.3 Å². The molecule has 2 aromatic rings. The molecule has 0 radical (unpaired) electrons. The number of nitrogens with one attached hydrogen (secondary N) is 2. The first-order chi connectivity index (χ1) is 13.2. The summed E-state index contributed by atoms with van der Waals surface area (Å²) in [6.07, 6.45) is 4.29. The Kier molecular flexibility index (Phi) is 6.35. The summed E-state index contributed by atoms with van der Waals surface area (Å²) in [4.78, 5) is 8.53. The lowest BCUT2D eigenvalue weighted by molar-refractivity contribution is 0.288. The van der Waals surface area contributed by atoms with E-state index >= 15 is 0 Å². The molecule has 1 aliphatic rings. The third-order valence-electron chi connectivity index (χ3n) is 4.29. The van der Waals surface area contributed by atoms with E-state index in [2.05, 4.69) is 20.6 Å². The van der Waals surface area contributed by atoms with E-state index < -0.39 is 0 Å². The standard InChI is InChI=1S/C20H26N4O3/c1-21-20(24-16-6-7-17(25-2)18(11-16)26-3)23-12-15-8-9-22-19(10-15)27-13-14-4-5-14/h6-11,14H,4-5,12-13H2,1-3H3,(H2,21,23,24). The molecule has 3 rings (SSSR count). The molecule has 1 aromatic carbocycles. The highest BCUT2D eigenvalue weighted by Crippen LogP contribution is 2.30. The normalized spacial score (nSPS) is 13.8. The molecule has 2 N–H and O–H groups in total. The van der Waals surface area contributed by atoms with Crippen molar-refractivity contribution in [1.29, 1.82) is 0 Å². The average Bonchev–Trinajstić information content (AvgIpc) is 3.54. The Hall–Kier alpha value is -2.96. The van der Waals surface area contributed by atoms with Crippen LogP contribution in [0.4, 0.5) is 5.69 Å². The van der Waals surface area contributed by atoms with Crippen LogP contribution in [0.25, 0.3) is 0 Å². The Morgan fingerprint density at radius 1 is 1.15 bits per heavy atom. The van der Waals surface area contributed by atoms with Gasteiger partial charge >= 0.3 is 0 Å². The fraction of sp³-hybridized carbons (Fsp3) is 0.400. The van der Waals surface area contributed by atoms with Crippen molar-refractivity contribution < 1.29 is 14.2 Å². The van der Waals surface area contributed by atoms with Gasteiger partial charge in [-0.15, -0.1) is 0 Å². The Bertz CT molecular complexity index is 791. The SMILES string of the molecule is CN=C(NCc1ccnc(OCC2CC2)c1)Nc1ccc(OC)c(OC)c1. The summed E-state index contributed by atoms with van der Waals surface area (Å²) in [5.41, 5.74) is 1.93. The van der Waals surface area contributed by atoms with E-state index in [1.165, 1.54) is 12.8 Å². The molecule has 1 aromatic heterocycles. The van der Waals surface area contributed by atoms with Crippen LogP contribution in [0.15, 0.2) is 41.5 Å². The lowest BCUT2D eigenvalue weighted by atomic mass is 10.2. The zero-order valence-electron chi connectivity index (χ0n) is 16.0. The smallest absolute Gasteiger partial charge is 0.213 e. The summed E-state index contributed by atoms with van der Waals surface area (Å²) < 4.78 is 16.3. The summed E-state index contributed by atoms with van der Waals surface area (Å²) in [6, 6.07) is 9.53. The molecule has 0 spiro atoms. The highest BCUT2D eigenvalue weighted by Gasteiger charge is 2.22. The van der Waals surface area contributed by atoms with Crippen LogP contribution in [0.5, 0.6) is 17.4 Å². The van der Waals surface area contributed by atoms with Gasteiger partial charge in [0.25, 0.3) is 0 Å². The minimum atomic E-state index is 0.606. The first-order valence-corrected chi connectivity index (χ1v) is 8.99. The molecule has 7 heteroatoms. The van der Waals surface area contributed by atoms with Gasteiger partial charge in [0.1, 0.15) is 0 Å². The van der Waals surface area contributed by atoms with Gasteiger partial charge in [-0.1, -0.05) is 0 Å². The van der Waals surface area contributed by atoms with E-state index in [1.807, 2.05) is 30.3 Å². The fourth-order valence-electron chi connectivity index (χ4n) is 2.54. The second kappa shape index (κ2) is 9.12. The Morgan fingerprint density at radius 2 is 1.96 bits per heavy atom. The third-order valence-corrected chi connectivity index (χ3v) is 4.29. The molecule has 1 heterocycles. The van der Waals surface area contributed by atoms with Crippen molar-refractivity contribution in [3.8, 4) is 17.4 Å². The van der Waals surface area contributed by atoms with Crippen molar-refractivity contribution in [2.45, 2.75) is 19.4 Å². The molecule has 0 unspecified atom stereocenters. The van der Waals surface area contributed by atoms with Gasteiger partial charge in [-0.2, -0.15) is 0 Å². The summed E-state index contributed by atoms with van der Waals surface area (Å²) in [5, 5.41) is 6.53. The van der Waals surface area contributed by atoms with Crippen LogP contribution in [0.1, 0.15) is 18.4 Å². The van der Waals surface area contributed by atoms with Crippen LogP contribution in [-0.2, 0) is 6.54 Å². The van der Waals surface area contributed by atoms with Gasteiger partial charge in [-0.25, -0.2) is 4.98 Å². The van der Waals surface area contributed by atoms with E-state index in [4.69, 9.17) is 14.2 Å². The quantitative estimate of drug-likeness (QED) is 0.549. The number of benzene rings is 1. The van der Waals surface area contributed by atoms with Crippen molar-refractivity contribution in [3.05, 3.63) is 42.1 Å².